The van der Waals surface area contributed by atoms with Gasteiger partial charge in [0.15, 0.2) is 12.2 Å². The van der Waals surface area contributed by atoms with Gasteiger partial charge in [0.2, 0.25) is 0 Å². The fourth-order valence-electron chi connectivity index (χ4n) is 11.8. The number of aliphatic hydroxyl groups excluding tert-OH is 1. The number of phosphoric ester groups is 2. The van der Waals surface area contributed by atoms with E-state index in [1.165, 1.54) is 212 Å². The molecule has 0 aromatic carbocycles. The summed E-state index contributed by atoms with van der Waals surface area (Å²) in [5.74, 6) is -0.721. The second-order valence-corrected chi connectivity index (χ2v) is 31.4. The lowest BCUT2D eigenvalue weighted by Gasteiger charge is -2.21. The molecule has 570 valence electrons. The normalized spacial score (nSPS) is 14.3. The summed E-state index contributed by atoms with van der Waals surface area (Å²) in [5.41, 5.74) is 0. The number of phosphoric acid groups is 2. The summed E-state index contributed by atoms with van der Waals surface area (Å²) in [7, 11) is -9.91. The first-order valence-electron chi connectivity index (χ1n) is 40.0. The molecule has 96 heavy (non-hydrogen) atoms. The highest BCUT2D eigenvalue weighted by molar-refractivity contribution is 7.47. The highest BCUT2D eigenvalue weighted by Crippen LogP contribution is 2.45. The Hall–Kier alpha value is -1.94. The number of carbonyl (C=O) groups is 4. The van der Waals surface area contributed by atoms with E-state index in [0.29, 0.717) is 31.6 Å². The van der Waals surface area contributed by atoms with Crippen molar-refractivity contribution in [1.29, 1.82) is 0 Å². The summed E-state index contributed by atoms with van der Waals surface area (Å²) in [6.07, 6.45) is 57.3. The Morgan fingerprint density at radius 3 is 0.792 bits per heavy atom. The summed E-state index contributed by atoms with van der Waals surface area (Å²) < 4.78 is 68.5. The van der Waals surface area contributed by atoms with Crippen molar-refractivity contribution in [3.63, 3.8) is 0 Å². The van der Waals surface area contributed by atoms with Crippen LogP contribution in [0.15, 0.2) is 0 Å². The van der Waals surface area contributed by atoms with E-state index in [0.717, 1.165) is 102 Å². The van der Waals surface area contributed by atoms with Gasteiger partial charge in [0.25, 0.3) is 0 Å². The molecule has 0 aliphatic rings. The molecule has 19 heteroatoms. The van der Waals surface area contributed by atoms with Crippen molar-refractivity contribution in [2.45, 2.75) is 419 Å². The van der Waals surface area contributed by atoms with Crippen molar-refractivity contribution in [3.8, 4) is 0 Å². The zero-order valence-corrected chi connectivity index (χ0v) is 64.5. The Balaban J connectivity index is 5.20. The Bertz CT molecular complexity index is 1860. The van der Waals surface area contributed by atoms with Gasteiger partial charge in [0.1, 0.15) is 19.3 Å². The number of ether oxygens (including phenoxy) is 4. The van der Waals surface area contributed by atoms with Gasteiger partial charge in [-0.15, -0.1) is 0 Å². The highest BCUT2D eigenvalue weighted by Gasteiger charge is 2.30. The lowest BCUT2D eigenvalue weighted by molar-refractivity contribution is -0.161. The molecule has 0 aliphatic heterocycles. The Labute approximate surface area is 588 Å². The van der Waals surface area contributed by atoms with E-state index in [9.17, 15) is 43.2 Å². The summed E-state index contributed by atoms with van der Waals surface area (Å²) in [4.78, 5) is 72.8. The minimum Gasteiger partial charge on any atom is -0.462 e. The van der Waals surface area contributed by atoms with Crippen molar-refractivity contribution in [1.82, 2.24) is 0 Å². The van der Waals surface area contributed by atoms with E-state index in [1.54, 1.807) is 0 Å². The maximum atomic E-state index is 13.1. The van der Waals surface area contributed by atoms with Crippen LogP contribution in [-0.2, 0) is 65.4 Å². The Kier molecular flexibility index (Phi) is 67.4. The van der Waals surface area contributed by atoms with Crippen LogP contribution in [0, 0.1) is 11.8 Å². The van der Waals surface area contributed by atoms with Gasteiger partial charge in [-0.25, -0.2) is 9.13 Å². The van der Waals surface area contributed by atoms with Crippen LogP contribution in [0.3, 0.4) is 0 Å². The molecule has 0 amide bonds. The molecule has 3 N–H and O–H groups in total. The number of hydrogen-bond acceptors (Lipinski definition) is 15. The van der Waals surface area contributed by atoms with Crippen LogP contribution in [-0.4, -0.2) is 96.7 Å². The van der Waals surface area contributed by atoms with Crippen LogP contribution in [0.25, 0.3) is 0 Å². The molecule has 6 atom stereocenters. The maximum absolute atomic E-state index is 13.1. The van der Waals surface area contributed by atoms with E-state index in [1.807, 2.05) is 0 Å². The average Bonchev–Trinajstić information content (AvgIpc) is 3.07. The molecule has 0 rings (SSSR count). The lowest BCUT2D eigenvalue weighted by Crippen LogP contribution is -2.30. The van der Waals surface area contributed by atoms with Gasteiger partial charge in [-0.05, 0) is 37.5 Å². The molecule has 0 aromatic rings. The lowest BCUT2D eigenvalue weighted by atomic mass is 10.00. The van der Waals surface area contributed by atoms with E-state index < -0.39 is 97.5 Å². The van der Waals surface area contributed by atoms with Gasteiger partial charge >= 0.3 is 39.5 Å². The standard InChI is InChI=1S/C77H150O17P2/c1-7-10-12-14-16-18-20-22-24-26-28-30-32-34-36-38-40-49-55-61-76(81)93-72(65-87-74(79)59-53-47-39-37-35-33-31-29-27-25-23-21-19-17-15-13-11-8-2)67-91-95(83,84)89-63-71(78)64-90-96(85,86)92-68-73(66-88-75(80)60-54-48-43-41-45-51-57-69(4)5)94-77(82)62-56-50-44-42-46-52-58-70(6)9-3/h69-73,78H,7-68H2,1-6H3,(H,83,84)(H,85,86)/t70?,71-,72-,73-/m1/s1. The third-order valence-corrected chi connectivity index (χ3v) is 20.2. The second kappa shape index (κ2) is 68.8. The molecule has 17 nitrogen and oxygen atoms in total. The molecule has 0 fully saturated rings. The van der Waals surface area contributed by atoms with E-state index in [-0.39, 0.29) is 25.7 Å². The quantitative estimate of drug-likeness (QED) is 0.0222. The van der Waals surface area contributed by atoms with Crippen LogP contribution < -0.4 is 0 Å². The van der Waals surface area contributed by atoms with Crippen molar-refractivity contribution < 1.29 is 80.2 Å². The van der Waals surface area contributed by atoms with E-state index in [4.69, 9.17) is 37.0 Å². The van der Waals surface area contributed by atoms with Crippen LogP contribution in [0.5, 0.6) is 0 Å². The first-order valence-corrected chi connectivity index (χ1v) is 43.0. The first-order chi connectivity index (χ1) is 46.4. The Morgan fingerprint density at radius 1 is 0.302 bits per heavy atom. The number of carbonyl (C=O) groups excluding carboxylic acids is 4. The van der Waals surface area contributed by atoms with Crippen molar-refractivity contribution in [2.75, 3.05) is 39.6 Å². The fraction of sp³-hybridized carbons (Fsp3) is 0.948. The monoisotopic (exact) mass is 1410 g/mol. The second-order valence-electron chi connectivity index (χ2n) is 28.5. The number of unbranched alkanes of at least 4 members (excludes halogenated alkanes) is 45. The molecule has 0 spiro atoms. The zero-order valence-electron chi connectivity index (χ0n) is 62.7. The van der Waals surface area contributed by atoms with Crippen LogP contribution in [0.2, 0.25) is 0 Å². The minimum absolute atomic E-state index is 0.102. The van der Waals surface area contributed by atoms with Gasteiger partial charge in [0.05, 0.1) is 26.4 Å². The predicted octanol–water partition coefficient (Wildman–Crippen LogP) is 22.7. The fourth-order valence-corrected chi connectivity index (χ4v) is 13.4. The smallest absolute Gasteiger partial charge is 0.462 e. The minimum atomic E-state index is -4.96. The molecule has 0 heterocycles. The maximum Gasteiger partial charge on any atom is 0.472 e. The highest BCUT2D eigenvalue weighted by atomic mass is 31.2. The van der Waals surface area contributed by atoms with Gasteiger partial charge in [-0.1, -0.05) is 350 Å². The first kappa shape index (κ1) is 94.1. The largest absolute Gasteiger partial charge is 0.472 e. The number of hydrogen-bond donors (Lipinski definition) is 3. The van der Waals surface area contributed by atoms with Crippen molar-refractivity contribution >= 4 is 39.5 Å². The molecule has 0 bridgehead atoms. The van der Waals surface area contributed by atoms with E-state index in [2.05, 4.69) is 41.5 Å². The molecule has 0 aliphatic carbocycles. The molecular weight excluding hydrogens is 1260 g/mol. The predicted molar refractivity (Wildman–Crippen MR) is 391 cm³/mol. The number of rotatable bonds is 76. The zero-order chi connectivity index (χ0) is 70.7. The van der Waals surface area contributed by atoms with Crippen LogP contribution in [0.4, 0.5) is 0 Å². The van der Waals surface area contributed by atoms with Crippen LogP contribution in [0.1, 0.15) is 401 Å². The van der Waals surface area contributed by atoms with E-state index >= 15 is 0 Å². The van der Waals surface area contributed by atoms with Gasteiger partial charge in [0, 0.05) is 25.7 Å². The summed E-state index contributed by atoms with van der Waals surface area (Å²) in [6.45, 7) is 9.46. The SMILES string of the molecule is CCCCCCCCCCCCCCCCCCCCCC(=O)O[C@H](COC(=O)CCCCCCCCCCCCCCCCCCCC)COP(=O)(O)OC[C@@H](O)COP(=O)(O)OC[C@@H](COC(=O)CCCCCCCCC(C)C)OC(=O)CCCCCCCCC(C)CC. The summed E-state index contributed by atoms with van der Waals surface area (Å²) in [5, 5.41) is 10.6. The summed E-state index contributed by atoms with van der Waals surface area (Å²) >= 11 is 0. The molecular formula is C77H150O17P2. The molecule has 0 radical (unpaired) electrons. The third kappa shape index (κ3) is 69.2. The number of esters is 4. The van der Waals surface area contributed by atoms with Gasteiger partial charge < -0.3 is 33.8 Å². The van der Waals surface area contributed by atoms with Gasteiger partial charge in [-0.2, -0.15) is 0 Å². The molecule has 0 saturated heterocycles. The Morgan fingerprint density at radius 2 is 0.531 bits per heavy atom. The summed E-state index contributed by atoms with van der Waals surface area (Å²) in [6, 6.07) is 0. The third-order valence-electron chi connectivity index (χ3n) is 18.3. The topological polar surface area (TPSA) is 237 Å². The molecule has 3 unspecified atom stereocenters. The molecule has 0 aromatic heterocycles. The molecule has 0 saturated carbocycles. The average molecular weight is 1410 g/mol. The van der Waals surface area contributed by atoms with Gasteiger partial charge in [-0.3, -0.25) is 37.3 Å². The van der Waals surface area contributed by atoms with Crippen molar-refractivity contribution in [2.24, 2.45) is 11.8 Å². The number of aliphatic hydroxyl groups is 1. The van der Waals surface area contributed by atoms with Crippen molar-refractivity contribution in [3.05, 3.63) is 0 Å². The van der Waals surface area contributed by atoms with Crippen LogP contribution >= 0.6 is 15.6 Å².